The highest BCUT2D eigenvalue weighted by atomic mass is 35.5. The Morgan fingerprint density at radius 1 is 1.39 bits per heavy atom. The topological polar surface area (TPSA) is 72.5 Å². The molecule has 1 rings (SSSR count). The van der Waals surface area contributed by atoms with Crippen molar-refractivity contribution in [2.45, 2.75) is 49.9 Å². The summed E-state index contributed by atoms with van der Waals surface area (Å²) in [6.07, 6.45) is 4.06. The largest absolute Gasteiger partial charge is 0.469 e. The Morgan fingerprint density at radius 2 is 2.06 bits per heavy atom. The first-order valence-electron chi connectivity index (χ1n) is 6.15. The molecule has 0 aromatic heterocycles. The third-order valence-electron chi connectivity index (χ3n) is 3.03. The fourth-order valence-electron chi connectivity index (χ4n) is 2.02. The molecular formula is C11H20ClNO4S. The van der Waals surface area contributed by atoms with Gasteiger partial charge < -0.3 is 4.74 Å². The number of esters is 1. The Bertz CT molecular complexity index is 371. The van der Waals surface area contributed by atoms with E-state index in [1.54, 1.807) is 0 Å². The molecule has 2 unspecified atom stereocenters. The zero-order chi connectivity index (χ0) is 13.6. The summed E-state index contributed by atoms with van der Waals surface area (Å²) < 4.78 is 30.7. The van der Waals surface area contributed by atoms with Crippen molar-refractivity contribution in [3.05, 3.63) is 0 Å². The molecule has 0 bridgehead atoms. The quantitative estimate of drug-likeness (QED) is 0.594. The van der Waals surface area contributed by atoms with E-state index in [-0.39, 0.29) is 30.0 Å². The zero-order valence-corrected chi connectivity index (χ0v) is 12.1. The van der Waals surface area contributed by atoms with Crippen molar-refractivity contribution in [2.24, 2.45) is 0 Å². The van der Waals surface area contributed by atoms with Crippen LogP contribution in [0.4, 0.5) is 0 Å². The number of ether oxygens (including phenoxy) is 1. The van der Waals surface area contributed by atoms with Crippen LogP contribution in [0.15, 0.2) is 0 Å². The lowest BCUT2D eigenvalue weighted by Crippen LogP contribution is -2.43. The maximum atomic E-state index is 11.8. The van der Waals surface area contributed by atoms with Crippen LogP contribution in [0.2, 0.25) is 0 Å². The molecule has 1 fully saturated rings. The molecule has 5 nitrogen and oxygen atoms in total. The van der Waals surface area contributed by atoms with E-state index in [4.69, 9.17) is 11.6 Å². The minimum absolute atomic E-state index is 0.0673. The van der Waals surface area contributed by atoms with Crippen molar-refractivity contribution in [1.82, 2.24) is 4.72 Å². The summed E-state index contributed by atoms with van der Waals surface area (Å²) in [5.74, 6) is -0.458. The number of hydrogen-bond acceptors (Lipinski definition) is 4. The highest BCUT2D eigenvalue weighted by Gasteiger charge is 2.27. The van der Waals surface area contributed by atoms with E-state index in [2.05, 4.69) is 9.46 Å². The Morgan fingerprint density at radius 3 is 2.67 bits per heavy atom. The SMILES string of the molecule is COC(=O)CCCS(=O)(=O)NC1CCCCC1Cl. The van der Waals surface area contributed by atoms with E-state index in [0.717, 1.165) is 25.7 Å². The van der Waals surface area contributed by atoms with E-state index in [0.29, 0.717) is 0 Å². The average molecular weight is 298 g/mol. The third-order valence-corrected chi connectivity index (χ3v) is 5.04. The number of methoxy groups -OCH3 is 1. The van der Waals surface area contributed by atoms with Gasteiger partial charge in [-0.15, -0.1) is 11.6 Å². The van der Waals surface area contributed by atoms with E-state index >= 15 is 0 Å². The van der Waals surface area contributed by atoms with Gasteiger partial charge in [-0.1, -0.05) is 12.8 Å². The van der Waals surface area contributed by atoms with Gasteiger partial charge in [0.05, 0.1) is 12.9 Å². The molecule has 0 spiro atoms. The van der Waals surface area contributed by atoms with Crippen LogP contribution >= 0.6 is 11.6 Å². The first-order chi connectivity index (χ1) is 8.44. The van der Waals surface area contributed by atoms with Crippen molar-refractivity contribution < 1.29 is 17.9 Å². The smallest absolute Gasteiger partial charge is 0.305 e. The molecule has 106 valence electrons. The first-order valence-corrected chi connectivity index (χ1v) is 8.24. The van der Waals surface area contributed by atoms with E-state index in [1.165, 1.54) is 7.11 Å². The van der Waals surface area contributed by atoms with Gasteiger partial charge >= 0.3 is 5.97 Å². The Kier molecular flexibility index (Phi) is 6.38. The average Bonchev–Trinajstić information content (AvgIpc) is 2.31. The summed E-state index contributed by atoms with van der Waals surface area (Å²) in [5.41, 5.74) is 0. The van der Waals surface area contributed by atoms with Crippen molar-refractivity contribution in [2.75, 3.05) is 12.9 Å². The number of rotatable bonds is 6. The van der Waals surface area contributed by atoms with Gasteiger partial charge in [0.15, 0.2) is 0 Å². The molecule has 0 saturated heterocycles. The second-order valence-corrected chi connectivity index (χ2v) is 6.96. The minimum Gasteiger partial charge on any atom is -0.469 e. The highest BCUT2D eigenvalue weighted by molar-refractivity contribution is 7.89. The summed E-state index contributed by atoms with van der Waals surface area (Å²) in [5, 5.41) is -0.130. The molecule has 1 N–H and O–H groups in total. The predicted molar refractivity (Wildman–Crippen MR) is 70.1 cm³/mol. The fraction of sp³-hybridized carbons (Fsp3) is 0.909. The van der Waals surface area contributed by atoms with Gasteiger partial charge in [-0.25, -0.2) is 13.1 Å². The molecule has 2 atom stereocenters. The zero-order valence-electron chi connectivity index (χ0n) is 10.5. The van der Waals surface area contributed by atoms with Crippen LogP contribution in [0.25, 0.3) is 0 Å². The first kappa shape index (κ1) is 15.7. The van der Waals surface area contributed by atoms with E-state index in [1.807, 2.05) is 0 Å². The van der Waals surface area contributed by atoms with Gasteiger partial charge in [-0.2, -0.15) is 0 Å². The molecule has 18 heavy (non-hydrogen) atoms. The van der Waals surface area contributed by atoms with Crippen LogP contribution in [0.3, 0.4) is 0 Å². The van der Waals surface area contributed by atoms with Gasteiger partial charge in [0.1, 0.15) is 0 Å². The van der Waals surface area contributed by atoms with Crippen LogP contribution in [-0.2, 0) is 19.6 Å². The molecule has 1 saturated carbocycles. The monoisotopic (exact) mass is 297 g/mol. The Labute approximate surface area is 113 Å². The van der Waals surface area contributed by atoms with E-state index in [9.17, 15) is 13.2 Å². The molecule has 0 aromatic carbocycles. The van der Waals surface area contributed by atoms with Crippen LogP contribution < -0.4 is 4.72 Å². The Balaban J connectivity index is 2.36. The summed E-state index contributed by atoms with van der Waals surface area (Å²) in [7, 11) is -2.07. The number of sulfonamides is 1. The molecule has 0 aliphatic heterocycles. The van der Waals surface area contributed by atoms with Crippen molar-refractivity contribution in [3.8, 4) is 0 Å². The standard InChI is InChI=1S/C11H20ClNO4S/c1-17-11(14)7-4-8-18(15,16)13-10-6-3-2-5-9(10)12/h9-10,13H,2-8H2,1H3. The highest BCUT2D eigenvalue weighted by Crippen LogP contribution is 2.23. The number of nitrogens with one attached hydrogen (secondary N) is 1. The van der Waals surface area contributed by atoms with Gasteiger partial charge in [0.25, 0.3) is 0 Å². The van der Waals surface area contributed by atoms with Gasteiger partial charge in [0.2, 0.25) is 10.0 Å². The van der Waals surface area contributed by atoms with Crippen molar-refractivity contribution in [3.63, 3.8) is 0 Å². The summed E-state index contributed by atoms with van der Waals surface area (Å²) in [6.45, 7) is 0. The number of carbonyl (C=O) groups excluding carboxylic acids is 1. The lowest BCUT2D eigenvalue weighted by Gasteiger charge is -2.27. The molecule has 0 aromatic rings. The number of hydrogen-bond donors (Lipinski definition) is 1. The number of alkyl halides is 1. The summed E-state index contributed by atoms with van der Waals surface area (Å²) >= 11 is 6.09. The lowest BCUT2D eigenvalue weighted by atomic mass is 9.96. The predicted octanol–water partition coefficient (Wildman–Crippen LogP) is 1.41. The Hall–Kier alpha value is -0.330. The number of carbonyl (C=O) groups is 1. The van der Waals surface area contributed by atoms with E-state index < -0.39 is 16.0 Å². The van der Waals surface area contributed by atoms with Crippen molar-refractivity contribution in [1.29, 1.82) is 0 Å². The second kappa shape index (κ2) is 7.31. The maximum absolute atomic E-state index is 11.8. The maximum Gasteiger partial charge on any atom is 0.305 e. The van der Waals surface area contributed by atoms with Crippen LogP contribution in [0.5, 0.6) is 0 Å². The molecule has 0 radical (unpaired) electrons. The summed E-state index contributed by atoms with van der Waals surface area (Å²) in [6, 6.07) is -0.177. The van der Waals surface area contributed by atoms with Gasteiger partial charge in [-0.05, 0) is 19.3 Å². The normalized spacial score (nSPS) is 24.8. The van der Waals surface area contributed by atoms with Gasteiger partial charge in [-0.3, -0.25) is 4.79 Å². The number of halogens is 1. The molecule has 1 aliphatic carbocycles. The van der Waals surface area contributed by atoms with Crippen LogP contribution in [-0.4, -0.2) is 38.7 Å². The van der Waals surface area contributed by atoms with Gasteiger partial charge in [0, 0.05) is 17.8 Å². The second-order valence-electron chi connectivity index (χ2n) is 4.52. The molecule has 0 heterocycles. The molecule has 1 aliphatic rings. The van der Waals surface area contributed by atoms with Crippen LogP contribution in [0, 0.1) is 0 Å². The lowest BCUT2D eigenvalue weighted by molar-refractivity contribution is -0.140. The summed E-state index contributed by atoms with van der Waals surface area (Å²) in [4.78, 5) is 10.9. The molecule has 7 heteroatoms. The van der Waals surface area contributed by atoms with Crippen LogP contribution in [0.1, 0.15) is 38.5 Å². The third kappa shape index (κ3) is 5.54. The molecule has 0 amide bonds. The molecular weight excluding hydrogens is 278 g/mol. The fourth-order valence-corrected chi connectivity index (χ4v) is 3.82. The minimum atomic E-state index is -3.36. The van der Waals surface area contributed by atoms with Crippen molar-refractivity contribution >= 4 is 27.6 Å².